The molecule has 0 unspecified atom stereocenters. The third kappa shape index (κ3) is 4.17. The zero-order chi connectivity index (χ0) is 23.9. The average Bonchev–Trinajstić information content (AvgIpc) is 3.39. The zero-order valence-electron chi connectivity index (χ0n) is 18.4. The molecular weight excluding hydrogens is 452 g/mol. The molecule has 2 N–H and O–H groups in total. The second-order valence-electron chi connectivity index (χ2n) is 8.22. The van der Waals surface area contributed by atoms with E-state index >= 15 is 0 Å². The van der Waals surface area contributed by atoms with Crippen LogP contribution in [0.5, 0.6) is 0 Å². The Morgan fingerprint density at radius 1 is 1.09 bits per heavy atom. The lowest BCUT2D eigenvalue weighted by atomic mass is 10.2. The topological polar surface area (TPSA) is 112 Å². The minimum atomic E-state index is -3.66. The Labute approximate surface area is 196 Å². The van der Waals surface area contributed by atoms with E-state index in [2.05, 4.69) is 15.3 Å². The Bertz CT molecular complexity index is 1490. The van der Waals surface area contributed by atoms with Crippen LogP contribution in [-0.4, -0.2) is 43.0 Å². The first-order valence-corrected chi connectivity index (χ1v) is 12.4. The van der Waals surface area contributed by atoms with Crippen molar-refractivity contribution in [1.29, 1.82) is 0 Å². The molecule has 34 heavy (non-hydrogen) atoms. The van der Waals surface area contributed by atoms with Gasteiger partial charge in [0.25, 0.3) is 0 Å². The van der Waals surface area contributed by atoms with Crippen LogP contribution >= 0.6 is 0 Å². The summed E-state index contributed by atoms with van der Waals surface area (Å²) in [5.74, 6) is -0.0582. The Balaban J connectivity index is 1.21. The number of rotatable bonds is 6. The van der Waals surface area contributed by atoms with E-state index in [4.69, 9.17) is 0 Å². The summed E-state index contributed by atoms with van der Waals surface area (Å²) < 4.78 is 25.5. The number of nitrogens with zero attached hydrogens (tertiary/aromatic N) is 2. The van der Waals surface area contributed by atoms with Crippen LogP contribution in [0.4, 0.5) is 11.4 Å². The van der Waals surface area contributed by atoms with Crippen molar-refractivity contribution in [3.8, 4) is 11.4 Å². The van der Waals surface area contributed by atoms with Gasteiger partial charge in [0.15, 0.2) is 9.84 Å². The van der Waals surface area contributed by atoms with Crippen molar-refractivity contribution in [2.75, 3.05) is 23.0 Å². The van der Waals surface area contributed by atoms with Gasteiger partial charge in [-0.15, -0.1) is 0 Å². The lowest BCUT2D eigenvalue weighted by molar-refractivity contribution is -0.117. The van der Waals surface area contributed by atoms with Crippen LogP contribution in [0.15, 0.2) is 71.6 Å². The maximum atomic E-state index is 12.7. The SMILES string of the molecule is CN1C(=O)Cc2cc(S(=O)(=O)CCC(=O)Nc3ccc(-c4nc5ccccc5[nH]4)cc3)ccc21. The number of H-pyrrole nitrogens is 1. The monoisotopic (exact) mass is 474 g/mol. The molecule has 9 heteroatoms. The Morgan fingerprint density at radius 3 is 2.62 bits per heavy atom. The fraction of sp³-hybridized carbons (Fsp3) is 0.160. The summed E-state index contributed by atoms with van der Waals surface area (Å²) in [6, 6.07) is 19.6. The van der Waals surface area contributed by atoms with Crippen LogP contribution in [0.2, 0.25) is 0 Å². The standard InChI is InChI=1S/C25H22N4O4S/c1-29-22-11-10-19(14-17(22)15-24(29)31)34(32,33)13-12-23(30)26-18-8-6-16(7-9-18)25-27-20-4-2-3-5-21(20)28-25/h2-11,14H,12-13,15H2,1H3,(H,26,30)(H,27,28). The van der Waals surface area contributed by atoms with Gasteiger partial charge in [0.1, 0.15) is 5.82 Å². The number of anilines is 2. The van der Waals surface area contributed by atoms with E-state index in [0.717, 1.165) is 22.4 Å². The van der Waals surface area contributed by atoms with Gasteiger partial charge in [0.05, 0.1) is 28.1 Å². The summed E-state index contributed by atoms with van der Waals surface area (Å²) in [5.41, 5.74) is 4.66. The first-order chi connectivity index (χ1) is 16.3. The number of imidazole rings is 1. The number of fused-ring (bicyclic) bond motifs is 2. The molecule has 5 rings (SSSR count). The van der Waals surface area contributed by atoms with Gasteiger partial charge in [-0.05, 0) is 60.2 Å². The largest absolute Gasteiger partial charge is 0.338 e. The predicted octanol–water partition coefficient (Wildman–Crippen LogP) is 3.55. The number of hydrogen-bond donors (Lipinski definition) is 2. The normalized spacial score (nSPS) is 13.3. The van der Waals surface area contributed by atoms with Crippen LogP contribution < -0.4 is 10.2 Å². The van der Waals surface area contributed by atoms with Crippen LogP contribution in [0.3, 0.4) is 0 Å². The molecule has 1 aliphatic rings. The number of likely N-dealkylation sites (N-methyl/N-ethyl adjacent to an activating group) is 1. The van der Waals surface area contributed by atoms with E-state index in [0.29, 0.717) is 16.9 Å². The number of carbonyl (C=O) groups is 2. The molecule has 2 amide bonds. The van der Waals surface area contributed by atoms with Gasteiger partial charge in [-0.3, -0.25) is 9.59 Å². The molecule has 0 spiro atoms. The highest BCUT2D eigenvalue weighted by atomic mass is 32.2. The van der Waals surface area contributed by atoms with Gasteiger partial charge in [-0.2, -0.15) is 0 Å². The smallest absolute Gasteiger partial charge is 0.231 e. The van der Waals surface area contributed by atoms with E-state index in [-0.39, 0.29) is 29.4 Å². The number of aromatic amines is 1. The summed E-state index contributed by atoms with van der Waals surface area (Å²) >= 11 is 0. The predicted molar refractivity (Wildman–Crippen MR) is 130 cm³/mol. The van der Waals surface area contributed by atoms with Crippen molar-refractivity contribution in [3.63, 3.8) is 0 Å². The Hall–Kier alpha value is -3.98. The summed E-state index contributed by atoms with van der Waals surface area (Å²) in [5, 5.41) is 2.74. The fourth-order valence-corrected chi connectivity index (χ4v) is 5.30. The molecule has 172 valence electrons. The third-order valence-electron chi connectivity index (χ3n) is 5.92. The minimum Gasteiger partial charge on any atom is -0.338 e. The van der Waals surface area contributed by atoms with Crippen molar-refractivity contribution < 1.29 is 18.0 Å². The number of para-hydroxylation sites is 2. The average molecular weight is 475 g/mol. The second kappa shape index (κ2) is 8.42. The number of hydrogen-bond acceptors (Lipinski definition) is 5. The van der Waals surface area contributed by atoms with E-state index in [1.54, 1.807) is 25.2 Å². The summed E-state index contributed by atoms with van der Waals surface area (Å²) in [7, 11) is -2.00. The van der Waals surface area contributed by atoms with Gasteiger partial charge in [0, 0.05) is 30.4 Å². The van der Waals surface area contributed by atoms with Crippen LogP contribution in [-0.2, 0) is 25.8 Å². The molecule has 8 nitrogen and oxygen atoms in total. The highest BCUT2D eigenvalue weighted by Gasteiger charge is 2.26. The lowest BCUT2D eigenvalue weighted by Crippen LogP contribution is -2.20. The number of benzene rings is 3. The minimum absolute atomic E-state index is 0.0738. The molecule has 1 aromatic heterocycles. The fourth-order valence-electron chi connectivity index (χ4n) is 4.01. The molecule has 0 atom stereocenters. The number of aromatic nitrogens is 2. The maximum absolute atomic E-state index is 12.7. The summed E-state index contributed by atoms with van der Waals surface area (Å²) in [6.45, 7) is 0. The molecule has 2 heterocycles. The number of amides is 2. The van der Waals surface area contributed by atoms with Gasteiger partial charge in [-0.25, -0.2) is 13.4 Å². The van der Waals surface area contributed by atoms with E-state index in [9.17, 15) is 18.0 Å². The maximum Gasteiger partial charge on any atom is 0.231 e. The highest BCUT2D eigenvalue weighted by molar-refractivity contribution is 7.91. The molecule has 4 aromatic rings. The van der Waals surface area contributed by atoms with E-state index in [1.807, 2.05) is 36.4 Å². The first-order valence-electron chi connectivity index (χ1n) is 10.8. The molecule has 0 saturated carbocycles. The molecule has 0 saturated heterocycles. The first kappa shape index (κ1) is 21.8. The van der Waals surface area contributed by atoms with E-state index in [1.165, 1.54) is 17.0 Å². The molecule has 0 radical (unpaired) electrons. The molecule has 3 aromatic carbocycles. The zero-order valence-corrected chi connectivity index (χ0v) is 19.2. The Morgan fingerprint density at radius 2 is 1.85 bits per heavy atom. The van der Waals surface area contributed by atoms with E-state index < -0.39 is 15.7 Å². The van der Waals surface area contributed by atoms with Gasteiger partial charge < -0.3 is 15.2 Å². The van der Waals surface area contributed by atoms with Crippen molar-refractivity contribution in [1.82, 2.24) is 9.97 Å². The van der Waals surface area contributed by atoms with Crippen LogP contribution in [0, 0.1) is 0 Å². The van der Waals surface area contributed by atoms with Crippen LogP contribution in [0.1, 0.15) is 12.0 Å². The van der Waals surface area contributed by atoms with Gasteiger partial charge in [0.2, 0.25) is 11.8 Å². The Kier molecular flexibility index (Phi) is 5.41. The quantitative estimate of drug-likeness (QED) is 0.444. The molecule has 0 fully saturated rings. The van der Waals surface area contributed by atoms with Gasteiger partial charge in [-0.1, -0.05) is 12.1 Å². The number of carbonyl (C=O) groups excluding carboxylic acids is 2. The van der Waals surface area contributed by atoms with Crippen molar-refractivity contribution in [3.05, 3.63) is 72.3 Å². The molecule has 1 aliphatic heterocycles. The summed E-state index contributed by atoms with van der Waals surface area (Å²) in [4.78, 5) is 33.7. The number of sulfone groups is 1. The molecular formula is C25H22N4O4S. The lowest BCUT2D eigenvalue weighted by Gasteiger charge is -2.11. The molecule has 0 bridgehead atoms. The van der Waals surface area contributed by atoms with Gasteiger partial charge >= 0.3 is 0 Å². The second-order valence-corrected chi connectivity index (χ2v) is 10.3. The molecule has 0 aliphatic carbocycles. The van der Waals surface area contributed by atoms with Crippen molar-refractivity contribution >= 4 is 44.1 Å². The number of nitrogens with one attached hydrogen (secondary N) is 2. The third-order valence-corrected chi connectivity index (χ3v) is 7.63. The summed E-state index contributed by atoms with van der Waals surface area (Å²) in [6.07, 6.45) is 0.00326. The highest BCUT2D eigenvalue weighted by Crippen LogP contribution is 2.30. The van der Waals surface area contributed by atoms with Crippen molar-refractivity contribution in [2.24, 2.45) is 0 Å². The van der Waals surface area contributed by atoms with Crippen molar-refractivity contribution in [2.45, 2.75) is 17.7 Å². The van der Waals surface area contributed by atoms with Crippen LogP contribution in [0.25, 0.3) is 22.4 Å².